The van der Waals surface area contributed by atoms with Crippen LogP contribution >= 0.6 is 0 Å². The van der Waals surface area contributed by atoms with E-state index in [9.17, 15) is 0 Å². The fourth-order valence-corrected chi connectivity index (χ4v) is 1.58. The molecular formula is C14H17N3O3. The Morgan fingerprint density at radius 3 is 2.80 bits per heavy atom. The fraction of sp³-hybridized carbons (Fsp3) is 0.286. The van der Waals surface area contributed by atoms with Crippen molar-refractivity contribution >= 4 is 5.69 Å². The summed E-state index contributed by atoms with van der Waals surface area (Å²) in [5, 5.41) is 9.10. The van der Waals surface area contributed by atoms with E-state index >= 15 is 0 Å². The minimum absolute atomic E-state index is 0.0542. The number of anilines is 1. The summed E-state index contributed by atoms with van der Waals surface area (Å²) in [7, 11) is 0. The molecule has 0 amide bonds. The zero-order valence-electron chi connectivity index (χ0n) is 11.2. The minimum Gasteiger partial charge on any atom is -0.476 e. The van der Waals surface area contributed by atoms with E-state index in [0.717, 1.165) is 12.0 Å². The molecule has 20 heavy (non-hydrogen) atoms. The summed E-state index contributed by atoms with van der Waals surface area (Å²) in [5.41, 5.74) is 6.93. The molecule has 0 bridgehead atoms. The zero-order chi connectivity index (χ0) is 14.4. The van der Waals surface area contributed by atoms with Gasteiger partial charge < -0.3 is 20.3 Å². The van der Waals surface area contributed by atoms with Gasteiger partial charge in [0.2, 0.25) is 11.8 Å². The highest BCUT2D eigenvalue weighted by Gasteiger charge is 2.11. The van der Waals surface area contributed by atoms with Crippen LogP contribution in [0, 0.1) is 0 Å². The molecule has 3 N–H and O–H groups in total. The van der Waals surface area contributed by atoms with Crippen LogP contribution < -0.4 is 15.2 Å². The van der Waals surface area contributed by atoms with Gasteiger partial charge in [0.1, 0.15) is 12.1 Å². The maximum atomic E-state index is 9.10. The number of rotatable bonds is 6. The lowest BCUT2D eigenvalue weighted by Crippen LogP contribution is -2.04. The molecule has 0 atom stereocenters. The average Bonchev–Trinajstić information content (AvgIpc) is 2.48. The number of ether oxygens (including phenoxy) is 2. The van der Waals surface area contributed by atoms with Crippen molar-refractivity contribution in [2.24, 2.45) is 0 Å². The van der Waals surface area contributed by atoms with Crippen LogP contribution in [0.4, 0.5) is 5.69 Å². The first-order chi connectivity index (χ1) is 9.74. The Morgan fingerprint density at radius 2 is 2.05 bits per heavy atom. The third kappa shape index (κ3) is 3.36. The molecule has 1 heterocycles. The predicted octanol–water partition coefficient (Wildman–Crippen LogP) is 2.13. The second-order valence-corrected chi connectivity index (χ2v) is 4.15. The van der Waals surface area contributed by atoms with Crippen LogP contribution in [0.15, 0.2) is 30.6 Å². The third-order valence-electron chi connectivity index (χ3n) is 2.55. The lowest BCUT2D eigenvalue weighted by molar-refractivity contribution is 0.281. The topological polar surface area (TPSA) is 90.5 Å². The van der Waals surface area contributed by atoms with Crippen molar-refractivity contribution < 1.29 is 14.6 Å². The van der Waals surface area contributed by atoms with Crippen molar-refractivity contribution in [1.82, 2.24) is 9.97 Å². The molecule has 0 unspecified atom stereocenters. The molecule has 6 nitrogen and oxygen atoms in total. The standard InChI is InChI=1S/C14H17N3O3/c1-2-6-19-13-12(15)14(17-9-16-13)20-11-5-3-4-10(7-11)8-18/h3-5,7,9,18H,2,6,8,15H2,1H3. The smallest absolute Gasteiger partial charge is 0.249 e. The molecule has 106 valence electrons. The Balaban J connectivity index is 2.20. The number of aromatic nitrogens is 2. The van der Waals surface area contributed by atoms with E-state index in [2.05, 4.69) is 9.97 Å². The molecular weight excluding hydrogens is 258 g/mol. The van der Waals surface area contributed by atoms with Crippen molar-refractivity contribution in [2.75, 3.05) is 12.3 Å². The van der Waals surface area contributed by atoms with Gasteiger partial charge in [-0.05, 0) is 24.1 Å². The van der Waals surface area contributed by atoms with E-state index in [4.69, 9.17) is 20.3 Å². The van der Waals surface area contributed by atoms with Crippen LogP contribution in [0.1, 0.15) is 18.9 Å². The first-order valence-electron chi connectivity index (χ1n) is 6.35. The van der Waals surface area contributed by atoms with Gasteiger partial charge in [-0.1, -0.05) is 19.1 Å². The van der Waals surface area contributed by atoms with Gasteiger partial charge in [0.05, 0.1) is 13.2 Å². The number of nitrogens with two attached hydrogens (primary N) is 1. The molecule has 0 fully saturated rings. The van der Waals surface area contributed by atoms with Crippen LogP contribution in [0.25, 0.3) is 0 Å². The average molecular weight is 275 g/mol. The van der Waals surface area contributed by atoms with Gasteiger partial charge in [0, 0.05) is 0 Å². The third-order valence-corrected chi connectivity index (χ3v) is 2.55. The van der Waals surface area contributed by atoms with Gasteiger partial charge in [-0.2, -0.15) is 9.97 Å². The van der Waals surface area contributed by atoms with E-state index in [1.165, 1.54) is 6.33 Å². The molecule has 0 aliphatic heterocycles. The number of hydrogen-bond acceptors (Lipinski definition) is 6. The highest BCUT2D eigenvalue weighted by atomic mass is 16.5. The Kier molecular flexibility index (Phi) is 4.73. The maximum Gasteiger partial charge on any atom is 0.249 e. The molecule has 0 aliphatic carbocycles. The summed E-state index contributed by atoms with van der Waals surface area (Å²) < 4.78 is 11.0. The number of nitrogens with zero attached hydrogens (tertiary/aromatic N) is 2. The lowest BCUT2D eigenvalue weighted by Gasteiger charge is -2.11. The Labute approximate surface area is 117 Å². The monoisotopic (exact) mass is 275 g/mol. The fourth-order valence-electron chi connectivity index (χ4n) is 1.58. The molecule has 0 saturated carbocycles. The van der Waals surface area contributed by atoms with Crippen LogP contribution in [0.3, 0.4) is 0 Å². The largest absolute Gasteiger partial charge is 0.476 e. The number of nitrogen functional groups attached to an aromatic ring is 1. The van der Waals surface area contributed by atoms with Crippen molar-refractivity contribution in [1.29, 1.82) is 0 Å². The number of aliphatic hydroxyl groups is 1. The number of aliphatic hydroxyl groups excluding tert-OH is 1. The highest BCUT2D eigenvalue weighted by molar-refractivity contribution is 5.56. The van der Waals surface area contributed by atoms with Crippen LogP contribution in [-0.2, 0) is 6.61 Å². The molecule has 2 aromatic rings. The highest BCUT2D eigenvalue weighted by Crippen LogP contribution is 2.30. The molecule has 2 rings (SSSR count). The van der Waals surface area contributed by atoms with Crippen molar-refractivity contribution in [3.63, 3.8) is 0 Å². The second-order valence-electron chi connectivity index (χ2n) is 4.15. The van der Waals surface area contributed by atoms with Crippen LogP contribution in [0.2, 0.25) is 0 Å². The van der Waals surface area contributed by atoms with Crippen LogP contribution in [0.5, 0.6) is 17.5 Å². The summed E-state index contributed by atoms with van der Waals surface area (Å²) in [6.07, 6.45) is 2.20. The summed E-state index contributed by atoms with van der Waals surface area (Å²) in [4.78, 5) is 7.97. The van der Waals surface area contributed by atoms with Crippen LogP contribution in [-0.4, -0.2) is 21.7 Å². The summed E-state index contributed by atoms with van der Waals surface area (Å²) >= 11 is 0. The Hall–Kier alpha value is -2.34. The van der Waals surface area contributed by atoms with E-state index in [1.807, 2.05) is 6.92 Å². The summed E-state index contributed by atoms with van der Waals surface area (Å²) in [6, 6.07) is 7.06. The summed E-state index contributed by atoms with van der Waals surface area (Å²) in [6.45, 7) is 2.47. The molecule has 0 aliphatic rings. The molecule has 0 saturated heterocycles. The summed E-state index contributed by atoms with van der Waals surface area (Å²) in [5.74, 6) is 1.10. The zero-order valence-corrected chi connectivity index (χ0v) is 11.2. The van der Waals surface area contributed by atoms with Gasteiger partial charge in [-0.25, -0.2) is 0 Å². The number of benzene rings is 1. The molecule has 1 aromatic carbocycles. The Morgan fingerprint density at radius 1 is 1.25 bits per heavy atom. The first kappa shape index (κ1) is 14.1. The van der Waals surface area contributed by atoms with Crippen molar-refractivity contribution in [3.8, 4) is 17.5 Å². The van der Waals surface area contributed by atoms with E-state index in [-0.39, 0.29) is 18.2 Å². The van der Waals surface area contributed by atoms with Crippen molar-refractivity contribution in [3.05, 3.63) is 36.2 Å². The van der Waals surface area contributed by atoms with E-state index in [1.54, 1.807) is 24.3 Å². The SMILES string of the molecule is CCCOc1ncnc(Oc2cccc(CO)c2)c1N. The normalized spacial score (nSPS) is 10.3. The van der Waals surface area contributed by atoms with E-state index in [0.29, 0.717) is 18.2 Å². The number of hydrogen-bond donors (Lipinski definition) is 2. The second kappa shape index (κ2) is 6.72. The molecule has 6 heteroatoms. The van der Waals surface area contributed by atoms with Gasteiger partial charge in [0.25, 0.3) is 0 Å². The molecule has 0 radical (unpaired) electrons. The van der Waals surface area contributed by atoms with Gasteiger partial charge in [-0.15, -0.1) is 0 Å². The lowest BCUT2D eigenvalue weighted by atomic mass is 10.2. The molecule has 1 aromatic heterocycles. The maximum absolute atomic E-state index is 9.10. The van der Waals surface area contributed by atoms with Gasteiger partial charge in [0.15, 0.2) is 5.69 Å². The quantitative estimate of drug-likeness (QED) is 0.839. The molecule has 0 spiro atoms. The Bertz CT molecular complexity index is 575. The van der Waals surface area contributed by atoms with E-state index < -0.39 is 0 Å². The van der Waals surface area contributed by atoms with Crippen molar-refractivity contribution in [2.45, 2.75) is 20.0 Å². The first-order valence-corrected chi connectivity index (χ1v) is 6.35. The minimum atomic E-state index is -0.0542. The van der Waals surface area contributed by atoms with Gasteiger partial charge in [-0.3, -0.25) is 0 Å². The van der Waals surface area contributed by atoms with Gasteiger partial charge >= 0.3 is 0 Å². The predicted molar refractivity (Wildman–Crippen MR) is 74.7 cm³/mol.